The molecule has 0 amide bonds. The third-order valence-electron chi connectivity index (χ3n) is 2.96. The molecule has 0 spiro atoms. The van der Waals surface area contributed by atoms with Gasteiger partial charge in [-0.2, -0.15) is 0 Å². The van der Waals surface area contributed by atoms with Crippen LogP contribution in [0.5, 0.6) is 0 Å². The Kier molecular flexibility index (Phi) is 11.6. The fourth-order valence-corrected chi connectivity index (χ4v) is 1.82. The molecule has 1 aliphatic carbocycles. The Morgan fingerprint density at radius 2 is 0.571 bits per heavy atom. The molecule has 0 aromatic heterocycles. The quantitative estimate of drug-likeness (QED) is 0.481. The Morgan fingerprint density at radius 1 is 0.286 bits per heavy atom. The second-order valence-corrected chi connectivity index (χ2v) is 4.80. The van der Waals surface area contributed by atoms with Crippen LogP contribution in [0.2, 0.25) is 0 Å². The topological polar surface area (TPSA) is 0 Å². The highest BCUT2D eigenvalue weighted by Gasteiger charge is 1.84. The van der Waals surface area contributed by atoms with Gasteiger partial charge in [-0.3, -0.25) is 0 Å². The minimum Gasteiger partial charge on any atom is -0.0845 e. The van der Waals surface area contributed by atoms with Gasteiger partial charge in [-0.15, -0.1) is 0 Å². The van der Waals surface area contributed by atoms with Gasteiger partial charge in [0.05, 0.1) is 0 Å². The summed E-state index contributed by atoms with van der Waals surface area (Å²) in [7, 11) is 0. The molecule has 0 aromatic carbocycles. The number of hydrogen-bond acceptors (Lipinski definition) is 0. The van der Waals surface area contributed by atoms with E-state index >= 15 is 0 Å². The van der Waals surface area contributed by atoms with Crippen molar-refractivity contribution in [3.8, 4) is 0 Å². The zero-order valence-corrected chi connectivity index (χ0v) is 12.8. The van der Waals surface area contributed by atoms with E-state index in [1.807, 2.05) is 48.6 Å². The van der Waals surface area contributed by atoms with Crippen LogP contribution in [0.15, 0.2) is 97.2 Å². The molecule has 0 saturated heterocycles. The molecule has 0 aliphatic heterocycles. The van der Waals surface area contributed by atoms with Gasteiger partial charge in [0.1, 0.15) is 0 Å². The van der Waals surface area contributed by atoms with Crippen LogP contribution in [-0.2, 0) is 0 Å². The standard InChI is InChI=1S/C21H26/c1-2-4-6-8-10-12-14-16-18-20-21-19-17-15-13-11-9-7-5-3-1/h1-16H,17-21H2/b3-1-,4-2+,7-5+,8-6+,11-9+,12-10+,15-13+,16-14?. The van der Waals surface area contributed by atoms with Crippen LogP contribution >= 0.6 is 0 Å². The van der Waals surface area contributed by atoms with E-state index in [1.54, 1.807) is 0 Å². The van der Waals surface area contributed by atoms with Crippen molar-refractivity contribution in [2.45, 2.75) is 32.1 Å². The molecule has 0 saturated carbocycles. The van der Waals surface area contributed by atoms with E-state index in [0.717, 1.165) is 0 Å². The summed E-state index contributed by atoms with van der Waals surface area (Å²) in [4.78, 5) is 0. The highest BCUT2D eigenvalue weighted by atomic mass is 13.9. The fraction of sp³-hybridized carbons (Fsp3) is 0.238. The van der Waals surface area contributed by atoms with E-state index in [2.05, 4.69) is 48.6 Å². The lowest BCUT2D eigenvalue weighted by Crippen LogP contribution is -1.74. The molecule has 0 heteroatoms. The first-order valence-electron chi connectivity index (χ1n) is 7.82. The van der Waals surface area contributed by atoms with E-state index in [1.165, 1.54) is 32.1 Å². The predicted octanol–water partition coefficient (Wildman–Crippen LogP) is 6.40. The minimum absolute atomic E-state index is 1.17. The highest BCUT2D eigenvalue weighted by Crippen LogP contribution is 2.04. The van der Waals surface area contributed by atoms with Gasteiger partial charge in [-0.05, 0) is 25.7 Å². The van der Waals surface area contributed by atoms with Gasteiger partial charge in [0.2, 0.25) is 0 Å². The summed E-state index contributed by atoms with van der Waals surface area (Å²) in [5, 5.41) is 0. The molecule has 110 valence electrons. The summed E-state index contributed by atoms with van der Waals surface area (Å²) in [6.45, 7) is 0. The van der Waals surface area contributed by atoms with Gasteiger partial charge in [-0.1, -0.05) is 104 Å². The van der Waals surface area contributed by atoms with E-state index in [4.69, 9.17) is 0 Å². The van der Waals surface area contributed by atoms with Crippen molar-refractivity contribution >= 4 is 0 Å². The van der Waals surface area contributed by atoms with Crippen LogP contribution in [0.1, 0.15) is 32.1 Å². The zero-order valence-electron chi connectivity index (χ0n) is 12.8. The number of rotatable bonds is 0. The Hall–Kier alpha value is -2.08. The summed E-state index contributed by atoms with van der Waals surface area (Å²) in [5.41, 5.74) is 0. The van der Waals surface area contributed by atoms with Crippen molar-refractivity contribution in [1.29, 1.82) is 0 Å². The second kappa shape index (κ2) is 14.3. The van der Waals surface area contributed by atoms with Crippen molar-refractivity contribution in [3.63, 3.8) is 0 Å². The maximum atomic E-state index is 2.25. The second-order valence-electron chi connectivity index (χ2n) is 4.80. The van der Waals surface area contributed by atoms with Gasteiger partial charge < -0.3 is 0 Å². The van der Waals surface area contributed by atoms with E-state index in [-0.39, 0.29) is 0 Å². The summed E-state index contributed by atoms with van der Waals surface area (Å²) >= 11 is 0. The van der Waals surface area contributed by atoms with Crippen molar-refractivity contribution in [1.82, 2.24) is 0 Å². The molecule has 0 heterocycles. The van der Waals surface area contributed by atoms with Crippen molar-refractivity contribution in [2.24, 2.45) is 0 Å². The van der Waals surface area contributed by atoms with Crippen LogP contribution in [0, 0.1) is 0 Å². The largest absolute Gasteiger partial charge is 0.0845 e. The molecule has 0 radical (unpaired) electrons. The van der Waals surface area contributed by atoms with Crippen LogP contribution in [0.3, 0.4) is 0 Å². The lowest BCUT2D eigenvalue weighted by molar-refractivity contribution is 0.696. The van der Waals surface area contributed by atoms with Crippen molar-refractivity contribution in [3.05, 3.63) is 97.2 Å². The van der Waals surface area contributed by atoms with Crippen LogP contribution < -0.4 is 0 Å². The maximum absolute atomic E-state index is 2.25. The van der Waals surface area contributed by atoms with E-state index in [9.17, 15) is 0 Å². The van der Waals surface area contributed by atoms with Crippen LogP contribution in [0.25, 0.3) is 0 Å². The van der Waals surface area contributed by atoms with Crippen LogP contribution in [-0.4, -0.2) is 0 Å². The van der Waals surface area contributed by atoms with Gasteiger partial charge in [0.25, 0.3) is 0 Å². The first-order chi connectivity index (χ1) is 10.5. The molecule has 0 N–H and O–H groups in total. The molecule has 21 heavy (non-hydrogen) atoms. The summed E-state index contributed by atoms with van der Waals surface area (Å²) in [6.07, 6.45) is 39.5. The third kappa shape index (κ3) is 12.7. The van der Waals surface area contributed by atoms with Gasteiger partial charge in [-0.25, -0.2) is 0 Å². The SMILES string of the molecule is C1=CCCCCC/C=C/C=C/C=C/C=C\C=C\C=C\C=C\1. The van der Waals surface area contributed by atoms with Crippen molar-refractivity contribution in [2.75, 3.05) is 0 Å². The normalized spacial score (nSPS) is 28.6. The number of allylic oxidation sites excluding steroid dienone is 16. The van der Waals surface area contributed by atoms with E-state index < -0.39 is 0 Å². The Bertz CT molecular complexity index is 418. The summed E-state index contributed by atoms with van der Waals surface area (Å²) < 4.78 is 0. The van der Waals surface area contributed by atoms with Gasteiger partial charge in [0.15, 0.2) is 0 Å². The monoisotopic (exact) mass is 278 g/mol. The molecule has 1 rings (SSSR count). The lowest BCUT2D eigenvalue weighted by atomic mass is 10.1. The zero-order chi connectivity index (χ0) is 14.8. The molecule has 0 aromatic rings. The summed E-state index contributed by atoms with van der Waals surface area (Å²) in [6, 6.07) is 0. The minimum atomic E-state index is 1.17. The highest BCUT2D eigenvalue weighted by molar-refractivity contribution is 5.21. The predicted molar refractivity (Wildman–Crippen MR) is 96.2 cm³/mol. The maximum Gasteiger partial charge on any atom is -0.0348 e. The fourth-order valence-electron chi connectivity index (χ4n) is 1.82. The lowest BCUT2D eigenvalue weighted by Gasteiger charge is -1.94. The van der Waals surface area contributed by atoms with Gasteiger partial charge >= 0.3 is 0 Å². The summed E-state index contributed by atoms with van der Waals surface area (Å²) in [5.74, 6) is 0. The Morgan fingerprint density at radius 3 is 0.905 bits per heavy atom. The Balaban J connectivity index is 2.49. The number of hydrogen-bond donors (Lipinski definition) is 0. The van der Waals surface area contributed by atoms with Crippen LogP contribution in [0.4, 0.5) is 0 Å². The molecule has 0 bridgehead atoms. The average Bonchev–Trinajstić information content (AvgIpc) is 2.50. The molecular weight excluding hydrogens is 252 g/mol. The van der Waals surface area contributed by atoms with E-state index in [0.29, 0.717) is 0 Å². The molecule has 0 unspecified atom stereocenters. The first-order valence-corrected chi connectivity index (χ1v) is 7.82. The third-order valence-corrected chi connectivity index (χ3v) is 2.96. The average molecular weight is 278 g/mol. The first kappa shape index (κ1) is 17.0. The molecule has 0 atom stereocenters. The molecular formula is C21H26. The van der Waals surface area contributed by atoms with Crippen molar-refractivity contribution < 1.29 is 0 Å². The van der Waals surface area contributed by atoms with Gasteiger partial charge in [0, 0.05) is 0 Å². The molecule has 1 aliphatic rings. The smallest absolute Gasteiger partial charge is 0.0348 e. The Labute approximate surface area is 130 Å². The molecule has 0 nitrogen and oxygen atoms in total. The molecule has 0 fully saturated rings.